The van der Waals surface area contributed by atoms with Crippen LogP contribution in [-0.4, -0.2) is 31.2 Å². The van der Waals surface area contributed by atoms with Gasteiger partial charge in [0.15, 0.2) is 0 Å². The van der Waals surface area contributed by atoms with Crippen LogP contribution in [0.3, 0.4) is 0 Å². The minimum atomic E-state index is -0.211. The first kappa shape index (κ1) is 12.4. The zero-order valence-electron chi connectivity index (χ0n) is 9.29. The molecule has 0 radical (unpaired) electrons. The SMILES string of the molecule is COCCCCNC(=O)c1ccc(=O)[nH]c1. The minimum absolute atomic E-state index is 0.173. The highest BCUT2D eigenvalue weighted by Crippen LogP contribution is 1.93. The molecular weight excluding hydrogens is 208 g/mol. The Balaban J connectivity index is 2.30. The van der Waals surface area contributed by atoms with E-state index in [1.807, 2.05) is 0 Å². The second-order valence-corrected chi connectivity index (χ2v) is 3.40. The van der Waals surface area contributed by atoms with Gasteiger partial charge in [-0.3, -0.25) is 9.59 Å². The topological polar surface area (TPSA) is 71.2 Å². The Morgan fingerprint density at radius 2 is 2.25 bits per heavy atom. The lowest BCUT2D eigenvalue weighted by molar-refractivity contribution is 0.0951. The van der Waals surface area contributed by atoms with E-state index in [1.54, 1.807) is 7.11 Å². The Bertz CT molecular complexity index is 367. The van der Waals surface area contributed by atoms with Gasteiger partial charge >= 0.3 is 0 Å². The maximum absolute atomic E-state index is 11.5. The summed E-state index contributed by atoms with van der Waals surface area (Å²) in [6.07, 6.45) is 3.21. The Hall–Kier alpha value is -1.62. The van der Waals surface area contributed by atoms with Crippen LogP contribution in [0.25, 0.3) is 0 Å². The molecule has 0 aliphatic rings. The van der Waals surface area contributed by atoms with Crippen molar-refractivity contribution < 1.29 is 9.53 Å². The van der Waals surface area contributed by atoms with Gasteiger partial charge in [0, 0.05) is 32.5 Å². The molecule has 0 atom stereocenters. The molecular formula is C11H16N2O3. The number of pyridine rings is 1. The fourth-order valence-electron chi connectivity index (χ4n) is 1.23. The van der Waals surface area contributed by atoms with E-state index in [0.717, 1.165) is 12.8 Å². The standard InChI is InChI=1S/C11H16N2O3/c1-16-7-3-2-6-12-11(15)9-4-5-10(14)13-8-9/h4-5,8H,2-3,6-7H2,1H3,(H,12,15)(H,13,14). The van der Waals surface area contributed by atoms with E-state index >= 15 is 0 Å². The quantitative estimate of drug-likeness (QED) is 0.692. The molecule has 1 aromatic rings. The van der Waals surface area contributed by atoms with E-state index in [9.17, 15) is 9.59 Å². The average molecular weight is 224 g/mol. The summed E-state index contributed by atoms with van der Waals surface area (Å²) in [6, 6.07) is 2.84. The Morgan fingerprint density at radius 1 is 1.44 bits per heavy atom. The number of carbonyl (C=O) groups is 1. The Morgan fingerprint density at radius 3 is 2.88 bits per heavy atom. The number of rotatable bonds is 6. The van der Waals surface area contributed by atoms with Gasteiger partial charge in [-0.1, -0.05) is 0 Å². The number of methoxy groups -OCH3 is 1. The fraction of sp³-hybridized carbons (Fsp3) is 0.455. The number of amides is 1. The summed E-state index contributed by atoms with van der Waals surface area (Å²) in [4.78, 5) is 24.8. The van der Waals surface area contributed by atoms with E-state index in [-0.39, 0.29) is 11.5 Å². The van der Waals surface area contributed by atoms with E-state index in [2.05, 4.69) is 10.3 Å². The molecule has 2 N–H and O–H groups in total. The molecule has 1 aromatic heterocycles. The van der Waals surface area contributed by atoms with Gasteiger partial charge in [0.05, 0.1) is 5.56 Å². The van der Waals surface area contributed by atoms with E-state index in [4.69, 9.17) is 4.74 Å². The van der Waals surface area contributed by atoms with Gasteiger partial charge in [-0.05, 0) is 18.9 Å². The van der Waals surface area contributed by atoms with Crippen LogP contribution in [0.2, 0.25) is 0 Å². The third kappa shape index (κ3) is 4.27. The van der Waals surface area contributed by atoms with Crippen LogP contribution >= 0.6 is 0 Å². The van der Waals surface area contributed by atoms with Crippen LogP contribution in [0.4, 0.5) is 0 Å². The molecule has 88 valence electrons. The van der Waals surface area contributed by atoms with Crippen LogP contribution in [0, 0.1) is 0 Å². The highest BCUT2D eigenvalue weighted by atomic mass is 16.5. The maximum atomic E-state index is 11.5. The third-order valence-corrected chi connectivity index (χ3v) is 2.11. The second-order valence-electron chi connectivity index (χ2n) is 3.40. The average Bonchev–Trinajstić information content (AvgIpc) is 2.29. The zero-order chi connectivity index (χ0) is 11.8. The summed E-state index contributed by atoms with van der Waals surface area (Å²) in [6.45, 7) is 1.32. The van der Waals surface area contributed by atoms with E-state index < -0.39 is 0 Å². The molecule has 0 aliphatic carbocycles. The van der Waals surface area contributed by atoms with E-state index in [0.29, 0.717) is 18.7 Å². The number of unbranched alkanes of at least 4 members (excludes halogenated alkanes) is 1. The number of aromatic amines is 1. The van der Waals surface area contributed by atoms with Crippen LogP contribution in [0.1, 0.15) is 23.2 Å². The number of hydrogen-bond donors (Lipinski definition) is 2. The van der Waals surface area contributed by atoms with Crippen molar-refractivity contribution in [1.82, 2.24) is 10.3 Å². The van der Waals surface area contributed by atoms with E-state index in [1.165, 1.54) is 18.3 Å². The number of aromatic nitrogens is 1. The van der Waals surface area contributed by atoms with Crippen LogP contribution in [0.15, 0.2) is 23.1 Å². The predicted octanol–water partition coefficient (Wildman–Crippen LogP) is 0.531. The van der Waals surface area contributed by atoms with Gasteiger partial charge in [0.2, 0.25) is 5.56 Å². The molecule has 5 heteroatoms. The normalized spacial score (nSPS) is 10.1. The lowest BCUT2D eigenvalue weighted by Crippen LogP contribution is -2.25. The van der Waals surface area contributed by atoms with Gasteiger partial charge in [-0.15, -0.1) is 0 Å². The van der Waals surface area contributed by atoms with Gasteiger partial charge < -0.3 is 15.0 Å². The Kier molecular flexibility index (Phi) is 5.28. The molecule has 1 heterocycles. The second kappa shape index (κ2) is 6.79. The summed E-state index contributed by atoms with van der Waals surface area (Å²) >= 11 is 0. The maximum Gasteiger partial charge on any atom is 0.252 e. The van der Waals surface area contributed by atoms with Crippen molar-refractivity contribution in [2.24, 2.45) is 0 Å². The molecule has 0 unspecified atom stereocenters. The van der Waals surface area contributed by atoms with Crippen molar-refractivity contribution in [2.75, 3.05) is 20.3 Å². The number of nitrogens with one attached hydrogen (secondary N) is 2. The first-order valence-electron chi connectivity index (χ1n) is 5.20. The summed E-state index contributed by atoms with van der Waals surface area (Å²) in [7, 11) is 1.65. The smallest absolute Gasteiger partial charge is 0.252 e. The molecule has 1 amide bonds. The lowest BCUT2D eigenvalue weighted by atomic mass is 10.2. The van der Waals surface area contributed by atoms with Crippen molar-refractivity contribution in [1.29, 1.82) is 0 Å². The first-order valence-corrected chi connectivity index (χ1v) is 5.20. The minimum Gasteiger partial charge on any atom is -0.385 e. The number of hydrogen-bond acceptors (Lipinski definition) is 3. The number of H-pyrrole nitrogens is 1. The number of ether oxygens (including phenoxy) is 1. The van der Waals surface area contributed by atoms with Gasteiger partial charge in [0.1, 0.15) is 0 Å². The van der Waals surface area contributed by atoms with Crippen molar-refractivity contribution >= 4 is 5.91 Å². The Labute approximate surface area is 93.8 Å². The largest absolute Gasteiger partial charge is 0.385 e. The number of carbonyl (C=O) groups excluding carboxylic acids is 1. The molecule has 0 saturated carbocycles. The fourth-order valence-corrected chi connectivity index (χ4v) is 1.23. The van der Waals surface area contributed by atoms with Crippen LogP contribution < -0.4 is 10.9 Å². The van der Waals surface area contributed by atoms with Crippen molar-refractivity contribution in [2.45, 2.75) is 12.8 Å². The van der Waals surface area contributed by atoms with Crippen LogP contribution in [-0.2, 0) is 4.74 Å². The predicted molar refractivity (Wildman–Crippen MR) is 60.5 cm³/mol. The summed E-state index contributed by atoms with van der Waals surface area (Å²) < 4.78 is 4.89. The molecule has 0 saturated heterocycles. The molecule has 1 rings (SSSR count). The molecule has 0 aromatic carbocycles. The lowest BCUT2D eigenvalue weighted by Gasteiger charge is -2.04. The van der Waals surface area contributed by atoms with Crippen molar-refractivity contribution in [3.05, 3.63) is 34.2 Å². The van der Waals surface area contributed by atoms with Gasteiger partial charge in [-0.2, -0.15) is 0 Å². The highest BCUT2D eigenvalue weighted by molar-refractivity contribution is 5.93. The molecule has 0 bridgehead atoms. The molecule has 0 fully saturated rings. The molecule has 16 heavy (non-hydrogen) atoms. The van der Waals surface area contributed by atoms with Gasteiger partial charge in [0.25, 0.3) is 5.91 Å². The summed E-state index contributed by atoms with van der Waals surface area (Å²) in [5, 5.41) is 2.76. The van der Waals surface area contributed by atoms with Gasteiger partial charge in [-0.25, -0.2) is 0 Å². The zero-order valence-corrected chi connectivity index (χ0v) is 9.29. The van der Waals surface area contributed by atoms with Crippen LogP contribution in [0.5, 0.6) is 0 Å². The summed E-state index contributed by atoms with van der Waals surface area (Å²) in [5.41, 5.74) is 0.253. The highest BCUT2D eigenvalue weighted by Gasteiger charge is 2.03. The molecule has 5 nitrogen and oxygen atoms in total. The summed E-state index contributed by atoms with van der Waals surface area (Å²) in [5.74, 6) is -0.173. The first-order chi connectivity index (χ1) is 7.74. The monoisotopic (exact) mass is 224 g/mol. The van der Waals surface area contributed by atoms with Crippen molar-refractivity contribution in [3.63, 3.8) is 0 Å². The third-order valence-electron chi connectivity index (χ3n) is 2.11. The van der Waals surface area contributed by atoms with Crippen molar-refractivity contribution in [3.8, 4) is 0 Å². The molecule has 0 aliphatic heterocycles. The molecule has 0 spiro atoms.